The van der Waals surface area contributed by atoms with Crippen molar-refractivity contribution in [2.45, 2.75) is 200 Å². The lowest BCUT2D eigenvalue weighted by molar-refractivity contribution is -0.870. The van der Waals surface area contributed by atoms with Crippen LogP contribution in [0.1, 0.15) is 194 Å². The Morgan fingerprint density at radius 3 is 1.01 bits per heavy atom. The molecule has 0 aliphatic heterocycles. The van der Waals surface area contributed by atoms with E-state index in [-0.39, 0.29) is 26.1 Å². The number of allylic oxidation sites excluding steroid dienone is 30. The first kappa shape index (κ1) is 75.1. The number of ether oxygens (including phenoxy) is 2. The van der Waals surface area contributed by atoms with Gasteiger partial charge < -0.3 is 18.9 Å². The molecule has 0 saturated heterocycles. The molecular formula is C70H111NO8P+. The number of phosphoric acid groups is 1. The van der Waals surface area contributed by atoms with Crippen molar-refractivity contribution in [3.8, 4) is 0 Å². The summed E-state index contributed by atoms with van der Waals surface area (Å²) in [5, 5.41) is 0. The van der Waals surface area contributed by atoms with Gasteiger partial charge in [0.2, 0.25) is 0 Å². The van der Waals surface area contributed by atoms with Crippen LogP contribution in [-0.4, -0.2) is 74.9 Å². The summed E-state index contributed by atoms with van der Waals surface area (Å²) in [5.74, 6) is -0.870. The Hall–Kier alpha value is -4.89. The first-order valence-corrected chi connectivity index (χ1v) is 32.0. The highest BCUT2D eigenvalue weighted by molar-refractivity contribution is 7.47. The first-order chi connectivity index (χ1) is 39.0. The number of likely N-dealkylation sites (N-methyl/N-ethyl adjacent to an activating group) is 1. The minimum absolute atomic E-state index is 0.0112. The van der Waals surface area contributed by atoms with Crippen molar-refractivity contribution in [1.29, 1.82) is 0 Å². The van der Waals surface area contributed by atoms with Crippen molar-refractivity contribution < 1.29 is 42.1 Å². The van der Waals surface area contributed by atoms with Crippen molar-refractivity contribution >= 4 is 19.8 Å². The van der Waals surface area contributed by atoms with E-state index >= 15 is 0 Å². The molecule has 0 rings (SSSR count). The van der Waals surface area contributed by atoms with E-state index in [1.54, 1.807) is 0 Å². The fourth-order valence-electron chi connectivity index (χ4n) is 7.30. The van der Waals surface area contributed by atoms with Gasteiger partial charge >= 0.3 is 19.8 Å². The van der Waals surface area contributed by atoms with Crippen molar-refractivity contribution in [2.75, 3.05) is 47.5 Å². The number of rotatable bonds is 53. The smallest absolute Gasteiger partial charge is 0.462 e. The lowest BCUT2D eigenvalue weighted by Gasteiger charge is -2.24. The summed E-state index contributed by atoms with van der Waals surface area (Å²) in [4.78, 5) is 35.7. The largest absolute Gasteiger partial charge is 0.472 e. The normalized spacial score (nSPS) is 14.5. The van der Waals surface area contributed by atoms with Crippen LogP contribution in [0.2, 0.25) is 0 Å². The van der Waals surface area contributed by atoms with Gasteiger partial charge in [0.05, 0.1) is 27.7 Å². The van der Waals surface area contributed by atoms with Crippen molar-refractivity contribution in [3.05, 3.63) is 182 Å². The quantitative estimate of drug-likeness (QED) is 0.0211. The molecule has 2 atom stereocenters. The number of unbranched alkanes of at least 4 members (excludes halogenated alkanes) is 9. The second kappa shape index (κ2) is 58.8. The van der Waals surface area contributed by atoms with Gasteiger partial charge in [-0.2, -0.15) is 0 Å². The van der Waals surface area contributed by atoms with Crippen molar-refractivity contribution in [2.24, 2.45) is 0 Å². The van der Waals surface area contributed by atoms with Crippen molar-refractivity contribution in [1.82, 2.24) is 0 Å². The minimum Gasteiger partial charge on any atom is -0.462 e. The number of carbonyl (C=O) groups is 2. The molecule has 0 radical (unpaired) electrons. The molecule has 0 saturated carbocycles. The zero-order chi connectivity index (χ0) is 58.4. The van der Waals surface area contributed by atoms with Gasteiger partial charge in [0.25, 0.3) is 0 Å². The number of quaternary nitrogens is 1. The average molecular weight is 1130 g/mol. The maximum absolute atomic E-state index is 12.8. The average Bonchev–Trinajstić information content (AvgIpc) is 3.42. The van der Waals surface area contributed by atoms with Crippen LogP contribution in [0.3, 0.4) is 0 Å². The van der Waals surface area contributed by atoms with Gasteiger partial charge in [-0.25, -0.2) is 4.57 Å². The summed E-state index contributed by atoms with van der Waals surface area (Å²) in [6.45, 7) is 4.11. The minimum atomic E-state index is -4.41. The van der Waals surface area contributed by atoms with E-state index in [0.29, 0.717) is 23.9 Å². The van der Waals surface area contributed by atoms with Crippen LogP contribution in [0.15, 0.2) is 182 Å². The maximum atomic E-state index is 12.8. The molecular weight excluding hydrogens is 1010 g/mol. The van der Waals surface area contributed by atoms with Gasteiger partial charge in [-0.3, -0.25) is 18.6 Å². The molecule has 448 valence electrons. The Bertz CT molecular complexity index is 2000. The highest BCUT2D eigenvalue weighted by Crippen LogP contribution is 2.43. The summed E-state index contributed by atoms with van der Waals surface area (Å²) in [5.41, 5.74) is 0. The van der Waals surface area contributed by atoms with E-state index in [9.17, 15) is 19.0 Å². The molecule has 0 aromatic heterocycles. The molecule has 0 aromatic carbocycles. The zero-order valence-corrected chi connectivity index (χ0v) is 51.6. The van der Waals surface area contributed by atoms with Crippen LogP contribution in [0.4, 0.5) is 0 Å². The van der Waals surface area contributed by atoms with E-state index in [2.05, 4.69) is 196 Å². The molecule has 0 aromatic rings. The number of hydrogen-bond donors (Lipinski definition) is 1. The van der Waals surface area contributed by atoms with Crippen LogP contribution < -0.4 is 0 Å². The van der Waals surface area contributed by atoms with Crippen LogP contribution in [-0.2, 0) is 32.7 Å². The Balaban J connectivity index is 4.28. The van der Waals surface area contributed by atoms with Crippen LogP contribution in [0.5, 0.6) is 0 Å². The Morgan fingerprint density at radius 2 is 0.675 bits per heavy atom. The van der Waals surface area contributed by atoms with E-state index in [0.717, 1.165) is 154 Å². The SMILES string of the molecule is CC/C=C\C/C=C\C/C=C\C/C=C\C/C=C\C/C=C\C/C=C\C/C=C\C/C=C\C/C=C\C/C=C\CCCCCC(=O)OC(COC(=O)CCCCCCCC/C=C\C/C=C\C/C=C\C/C=C\CC)COP(=O)(O)OCC[N+](C)(C)C. The van der Waals surface area contributed by atoms with Gasteiger partial charge in [0.15, 0.2) is 6.10 Å². The molecule has 0 aliphatic carbocycles. The van der Waals surface area contributed by atoms with E-state index < -0.39 is 32.5 Å². The van der Waals surface area contributed by atoms with Crippen LogP contribution in [0.25, 0.3) is 0 Å². The lowest BCUT2D eigenvalue weighted by Crippen LogP contribution is -2.37. The van der Waals surface area contributed by atoms with Crippen LogP contribution in [0, 0.1) is 0 Å². The standard InChI is InChI=1S/C70H110NO8P/c1-6-8-10-12-14-16-18-20-22-24-26-27-28-29-30-31-32-33-34-35-36-37-38-39-40-41-42-43-45-47-49-51-53-55-57-59-61-63-70(73)79-68(67-78-80(74,75)77-65-64-71(3,4)5)66-76-69(72)62-60-58-56-54-52-50-48-46-44-25-23-21-19-17-15-13-11-9-7-2/h8-11,14-17,20-23,26-27,29-30,32-33,35-36,38-39,41-42,44-47,51,53,68H,6-7,12-13,18-19,24-25,28,31,34,37,40,43,48-50,52,54-67H2,1-5H3/p+1/b10-8-,11-9-,16-14-,17-15-,22-20-,23-21-,27-26-,30-29-,33-32-,36-35-,39-38-,42-41-,46-44-,47-45-,53-51-. The second-order valence-electron chi connectivity index (χ2n) is 20.6. The molecule has 0 bridgehead atoms. The Morgan fingerprint density at radius 1 is 0.388 bits per heavy atom. The first-order valence-electron chi connectivity index (χ1n) is 30.5. The number of nitrogens with zero attached hydrogens (tertiary/aromatic N) is 1. The molecule has 0 aliphatic rings. The predicted molar refractivity (Wildman–Crippen MR) is 343 cm³/mol. The summed E-state index contributed by atoms with van der Waals surface area (Å²) in [7, 11) is 1.41. The van der Waals surface area contributed by atoms with Crippen LogP contribution >= 0.6 is 7.82 Å². The van der Waals surface area contributed by atoms with Gasteiger partial charge in [0, 0.05) is 12.8 Å². The van der Waals surface area contributed by atoms with Gasteiger partial charge in [0.1, 0.15) is 19.8 Å². The predicted octanol–water partition coefficient (Wildman–Crippen LogP) is 19.6. The number of phosphoric ester groups is 1. The summed E-state index contributed by atoms with van der Waals surface area (Å²) in [6.07, 6.45) is 91.1. The highest BCUT2D eigenvalue weighted by atomic mass is 31.2. The van der Waals surface area contributed by atoms with Crippen molar-refractivity contribution in [3.63, 3.8) is 0 Å². The Kier molecular flexibility index (Phi) is 55.2. The van der Waals surface area contributed by atoms with E-state index in [4.69, 9.17) is 18.5 Å². The van der Waals surface area contributed by atoms with Gasteiger partial charge in [-0.15, -0.1) is 0 Å². The second-order valence-corrected chi connectivity index (χ2v) is 22.1. The third kappa shape index (κ3) is 62.3. The molecule has 2 unspecified atom stereocenters. The number of hydrogen-bond acceptors (Lipinski definition) is 7. The molecule has 0 fully saturated rings. The summed E-state index contributed by atoms with van der Waals surface area (Å²) in [6, 6.07) is 0. The summed E-state index contributed by atoms with van der Waals surface area (Å²) >= 11 is 0. The molecule has 1 N–H and O–H groups in total. The third-order valence-electron chi connectivity index (χ3n) is 11.9. The van der Waals surface area contributed by atoms with E-state index in [1.807, 2.05) is 21.1 Å². The molecule has 10 heteroatoms. The summed E-state index contributed by atoms with van der Waals surface area (Å²) < 4.78 is 34.5. The Labute approximate surface area is 489 Å². The highest BCUT2D eigenvalue weighted by Gasteiger charge is 2.27. The third-order valence-corrected chi connectivity index (χ3v) is 12.9. The number of esters is 2. The topological polar surface area (TPSA) is 108 Å². The van der Waals surface area contributed by atoms with Gasteiger partial charge in [-0.05, 0) is 135 Å². The molecule has 0 spiro atoms. The van der Waals surface area contributed by atoms with Gasteiger partial charge in [-0.1, -0.05) is 228 Å². The fourth-order valence-corrected chi connectivity index (χ4v) is 8.04. The monoisotopic (exact) mass is 1120 g/mol. The molecule has 0 heterocycles. The maximum Gasteiger partial charge on any atom is 0.472 e. The zero-order valence-electron chi connectivity index (χ0n) is 50.7. The molecule has 80 heavy (non-hydrogen) atoms. The molecule has 9 nitrogen and oxygen atoms in total. The fraction of sp³-hybridized carbons (Fsp3) is 0.543. The lowest BCUT2D eigenvalue weighted by atomic mass is 10.1. The number of carbonyl (C=O) groups excluding carboxylic acids is 2. The van der Waals surface area contributed by atoms with E-state index in [1.165, 1.54) is 0 Å². The molecule has 0 amide bonds.